The Morgan fingerprint density at radius 3 is 3.14 bits per heavy atom. The molecule has 4 heterocycles. The summed E-state index contributed by atoms with van der Waals surface area (Å²) in [5.41, 5.74) is 6.70. The number of amides is 1. The molecule has 4 rings (SSSR count). The summed E-state index contributed by atoms with van der Waals surface area (Å²) in [6.45, 7) is 1.14. The van der Waals surface area contributed by atoms with E-state index in [1.54, 1.807) is 6.20 Å². The molecule has 2 aromatic heterocycles. The zero-order chi connectivity index (χ0) is 14.6. The molecule has 0 radical (unpaired) electrons. The van der Waals surface area contributed by atoms with E-state index in [4.69, 9.17) is 10.5 Å². The van der Waals surface area contributed by atoms with Gasteiger partial charge >= 0.3 is 6.09 Å². The third kappa shape index (κ3) is 1.89. The summed E-state index contributed by atoms with van der Waals surface area (Å²) in [5, 5.41) is 0. The maximum absolute atomic E-state index is 11.7. The second-order valence-corrected chi connectivity index (χ2v) is 6.20. The van der Waals surface area contributed by atoms with Crippen LogP contribution in [-0.4, -0.2) is 44.6 Å². The molecule has 8 heteroatoms. The molecule has 2 fully saturated rings. The lowest BCUT2D eigenvalue weighted by atomic mass is 9.93. The van der Waals surface area contributed by atoms with Crippen molar-refractivity contribution in [1.29, 1.82) is 0 Å². The number of aromatic nitrogens is 3. The number of hydrogen-bond acceptors (Lipinski definition) is 5. The Balaban J connectivity index is 1.74. The maximum Gasteiger partial charge on any atom is 0.410 e. The number of piperidine rings is 1. The van der Waals surface area contributed by atoms with Crippen LogP contribution in [0.15, 0.2) is 17.0 Å². The molecule has 0 bridgehead atoms. The summed E-state index contributed by atoms with van der Waals surface area (Å²) in [6.07, 6.45) is 5.21. The maximum atomic E-state index is 11.7. The van der Waals surface area contributed by atoms with Crippen LogP contribution in [-0.2, 0) is 4.74 Å². The first kappa shape index (κ1) is 12.9. The Labute approximate surface area is 129 Å². The number of cyclic esters (lactones) is 1. The number of nitrogens with zero attached hydrogens (tertiary/aromatic N) is 4. The van der Waals surface area contributed by atoms with Gasteiger partial charge in [0.2, 0.25) is 0 Å². The van der Waals surface area contributed by atoms with E-state index in [9.17, 15) is 4.79 Å². The highest BCUT2D eigenvalue weighted by Gasteiger charge is 2.39. The van der Waals surface area contributed by atoms with Crippen LogP contribution in [0, 0.1) is 0 Å². The number of fused-ring (bicyclic) bond motifs is 2. The summed E-state index contributed by atoms with van der Waals surface area (Å²) in [5.74, 6) is 1.52. The fourth-order valence-corrected chi connectivity index (χ4v) is 3.79. The van der Waals surface area contributed by atoms with Gasteiger partial charge in [-0.05, 0) is 28.8 Å². The third-order valence-electron chi connectivity index (χ3n) is 4.27. The highest BCUT2D eigenvalue weighted by atomic mass is 79.9. The SMILES string of the molecule is Nc1nccn2c([C@@H]3CC[C@H]4COC(=O)N4C3)nc(Br)c12. The Kier molecular flexibility index (Phi) is 2.81. The van der Waals surface area contributed by atoms with Gasteiger partial charge < -0.3 is 15.4 Å². The largest absolute Gasteiger partial charge is 0.447 e. The van der Waals surface area contributed by atoms with Crippen molar-refractivity contribution in [2.24, 2.45) is 0 Å². The number of nitrogens with two attached hydrogens (primary N) is 1. The molecule has 0 saturated carbocycles. The van der Waals surface area contributed by atoms with Crippen molar-refractivity contribution in [3.8, 4) is 0 Å². The first-order valence-electron chi connectivity index (χ1n) is 6.86. The van der Waals surface area contributed by atoms with E-state index in [0.29, 0.717) is 23.6 Å². The molecule has 2 atom stereocenters. The molecule has 2 aromatic rings. The molecule has 2 N–H and O–H groups in total. The molecule has 0 unspecified atom stereocenters. The van der Waals surface area contributed by atoms with E-state index < -0.39 is 0 Å². The number of imidazole rings is 1. The highest BCUT2D eigenvalue weighted by Crippen LogP contribution is 2.35. The first-order chi connectivity index (χ1) is 10.1. The lowest BCUT2D eigenvalue weighted by Crippen LogP contribution is -2.41. The van der Waals surface area contributed by atoms with Crippen molar-refractivity contribution in [1.82, 2.24) is 19.3 Å². The highest BCUT2D eigenvalue weighted by molar-refractivity contribution is 9.10. The molecular weight excluding hydrogens is 338 g/mol. The third-order valence-corrected chi connectivity index (χ3v) is 4.83. The van der Waals surface area contributed by atoms with Gasteiger partial charge in [-0.15, -0.1) is 0 Å². The van der Waals surface area contributed by atoms with Gasteiger partial charge in [0.1, 0.15) is 22.6 Å². The van der Waals surface area contributed by atoms with E-state index >= 15 is 0 Å². The number of ether oxygens (including phenoxy) is 1. The Morgan fingerprint density at radius 1 is 1.43 bits per heavy atom. The van der Waals surface area contributed by atoms with Crippen LogP contribution in [0.25, 0.3) is 5.52 Å². The fourth-order valence-electron chi connectivity index (χ4n) is 3.22. The minimum absolute atomic E-state index is 0.174. The average Bonchev–Trinajstić information content (AvgIpc) is 3.01. The minimum atomic E-state index is -0.217. The molecule has 21 heavy (non-hydrogen) atoms. The van der Waals surface area contributed by atoms with Crippen molar-refractivity contribution < 1.29 is 9.53 Å². The fraction of sp³-hybridized carbons (Fsp3) is 0.462. The van der Waals surface area contributed by atoms with Crippen molar-refractivity contribution in [3.05, 3.63) is 22.8 Å². The zero-order valence-corrected chi connectivity index (χ0v) is 12.8. The lowest BCUT2D eigenvalue weighted by Gasteiger charge is -2.31. The summed E-state index contributed by atoms with van der Waals surface area (Å²) in [7, 11) is 0. The number of anilines is 1. The van der Waals surface area contributed by atoms with Crippen LogP contribution in [0.2, 0.25) is 0 Å². The Morgan fingerprint density at radius 2 is 2.29 bits per heavy atom. The molecule has 110 valence electrons. The van der Waals surface area contributed by atoms with E-state index in [1.807, 2.05) is 15.5 Å². The van der Waals surface area contributed by atoms with Gasteiger partial charge in [0.25, 0.3) is 0 Å². The first-order valence-corrected chi connectivity index (χ1v) is 7.66. The van der Waals surface area contributed by atoms with Crippen molar-refractivity contribution >= 4 is 33.4 Å². The molecule has 2 aliphatic rings. The van der Waals surface area contributed by atoms with Crippen molar-refractivity contribution in [2.45, 2.75) is 24.8 Å². The lowest BCUT2D eigenvalue weighted by molar-refractivity contribution is 0.150. The van der Waals surface area contributed by atoms with Crippen molar-refractivity contribution in [3.63, 3.8) is 0 Å². The number of halogens is 1. The minimum Gasteiger partial charge on any atom is -0.447 e. The molecule has 1 amide bonds. The molecule has 0 aromatic carbocycles. The van der Waals surface area contributed by atoms with Crippen LogP contribution in [0.3, 0.4) is 0 Å². The van der Waals surface area contributed by atoms with Crippen LogP contribution in [0.4, 0.5) is 10.6 Å². The number of carbonyl (C=O) groups excluding carboxylic acids is 1. The molecule has 2 aliphatic heterocycles. The number of rotatable bonds is 1. The Hall–Kier alpha value is -1.83. The monoisotopic (exact) mass is 351 g/mol. The van der Waals surface area contributed by atoms with Gasteiger partial charge in [0.05, 0.1) is 6.04 Å². The Bertz CT molecular complexity index is 731. The summed E-state index contributed by atoms with van der Waals surface area (Å²) in [4.78, 5) is 22.2. The number of hydrogen-bond donors (Lipinski definition) is 1. The number of nitrogen functional groups attached to an aromatic ring is 1. The summed E-state index contributed by atoms with van der Waals surface area (Å²) < 4.78 is 7.76. The standard InChI is InChI=1S/C13H14BrN5O2/c14-10-9-11(15)16-3-4-18(9)12(17-10)7-1-2-8-6-21-13(20)19(8)5-7/h3-4,7-8H,1-2,5-6H2,(H2,15,16)/t7-,8+/m1/s1. The molecule has 2 saturated heterocycles. The van der Waals surface area contributed by atoms with E-state index in [0.717, 1.165) is 24.2 Å². The van der Waals surface area contributed by atoms with Gasteiger partial charge in [-0.25, -0.2) is 14.8 Å². The summed E-state index contributed by atoms with van der Waals surface area (Å²) in [6, 6.07) is 0.218. The molecule has 7 nitrogen and oxygen atoms in total. The topological polar surface area (TPSA) is 85.8 Å². The van der Waals surface area contributed by atoms with Crippen LogP contribution < -0.4 is 5.73 Å². The predicted molar refractivity (Wildman–Crippen MR) is 78.9 cm³/mol. The van der Waals surface area contributed by atoms with Gasteiger partial charge in [-0.3, -0.25) is 4.40 Å². The zero-order valence-electron chi connectivity index (χ0n) is 11.2. The average molecular weight is 352 g/mol. The smallest absolute Gasteiger partial charge is 0.410 e. The molecular formula is C13H14BrN5O2. The van der Waals surface area contributed by atoms with Gasteiger partial charge in [-0.2, -0.15) is 0 Å². The van der Waals surface area contributed by atoms with Crippen LogP contribution >= 0.6 is 15.9 Å². The quantitative estimate of drug-likeness (QED) is 0.846. The second-order valence-electron chi connectivity index (χ2n) is 5.45. The predicted octanol–water partition coefficient (Wildman–Crippen LogP) is 1.77. The molecule has 0 spiro atoms. The van der Waals surface area contributed by atoms with Gasteiger partial charge in [0, 0.05) is 24.9 Å². The molecule has 0 aliphatic carbocycles. The van der Waals surface area contributed by atoms with Crippen molar-refractivity contribution in [2.75, 3.05) is 18.9 Å². The van der Waals surface area contributed by atoms with E-state index in [-0.39, 0.29) is 18.1 Å². The van der Waals surface area contributed by atoms with Crippen LogP contribution in [0.5, 0.6) is 0 Å². The van der Waals surface area contributed by atoms with Gasteiger partial charge in [-0.1, -0.05) is 0 Å². The van der Waals surface area contributed by atoms with E-state index in [2.05, 4.69) is 25.9 Å². The van der Waals surface area contributed by atoms with E-state index in [1.165, 1.54) is 0 Å². The summed E-state index contributed by atoms with van der Waals surface area (Å²) >= 11 is 3.45. The second kappa shape index (κ2) is 4.59. The normalized spacial score (nSPS) is 25.2. The number of carbonyl (C=O) groups is 1. The van der Waals surface area contributed by atoms with Crippen LogP contribution in [0.1, 0.15) is 24.6 Å². The van der Waals surface area contributed by atoms with Gasteiger partial charge in [0.15, 0.2) is 5.82 Å².